The molecule has 188 valence electrons. The fourth-order valence-electron chi connectivity index (χ4n) is 5.63. The van der Waals surface area contributed by atoms with Crippen LogP contribution in [0.25, 0.3) is 22.3 Å². The number of pyridine rings is 2. The van der Waals surface area contributed by atoms with Crippen LogP contribution in [0.4, 0.5) is 0 Å². The molecule has 2 atom stereocenters. The van der Waals surface area contributed by atoms with E-state index in [2.05, 4.69) is 25.6 Å². The predicted octanol–water partition coefficient (Wildman–Crippen LogP) is 2.88. The summed E-state index contributed by atoms with van der Waals surface area (Å²) in [5.41, 5.74) is 1.47. The number of nitrogens with zero attached hydrogens (tertiary/aromatic N) is 2. The van der Waals surface area contributed by atoms with E-state index < -0.39 is 19.6 Å². The first-order valence-corrected chi connectivity index (χ1v) is 15.3. The fraction of sp³-hybridized carbons (Fsp3) is 0.407. The molecule has 1 unspecified atom stereocenters. The Morgan fingerprint density at radius 3 is 2.75 bits per heavy atom. The van der Waals surface area contributed by atoms with E-state index >= 15 is 0 Å². The molecule has 0 amide bonds. The zero-order valence-electron chi connectivity index (χ0n) is 21.0. The van der Waals surface area contributed by atoms with Crippen LogP contribution < -0.4 is 10.7 Å². The van der Waals surface area contributed by atoms with Gasteiger partial charge in [0.25, 0.3) is 5.56 Å². The van der Waals surface area contributed by atoms with Crippen LogP contribution in [-0.4, -0.2) is 40.9 Å². The van der Waals surface area contributed by atoms with E-state index in [1.165, 1.54) is 12.1 Å². The molecule has 1 aromatic carbocycles. The molecular weight excluding hydrogens is 476 g/mol. The summed E-state index contributed by atoms with van der Waals surface area (Å²) < 4.78 is 12.3. The van der Waals surface area contributed by atoms with Crippen LogP contribution in [0.2, 0.25) is 12.6 Å². The predicted molar refractivity (Wildman–Crippen MR) is 138 cm³/mol. The zero-order valence-corrected chi connectivity index (χ0v) is 22.0. The van der Waals surface area contributed by atoms with Gasteiger partial charge in [-0.15, -0.1) is 0 Å². The molecule has 4 heterocycles. The summed E-state index contributed by atoms with van der Waals surface area (Å²) in [6.07, 6.45) is 1.49. The molecule has 2 aliphatic heterocycles. The van der Waals surface area contributed by atoms with Crippen molar-refractivity contribution in [2.24, 2.45) is 0 Å². The van der Waals surface area contributed by atoms with Crippen molar-refractivity contribution < 1.29 is 24.2 Å². The highest BCUT2D eigenvalue weighted by molar-refractivity contribution is 6.92. The zero-order chi connectivity index (χ0) is 25.8. The number of esters is 2. The van der Waals surface area contributed by atoms with Crippen molar-refractivity contribution in [3.05, 3.63) is 57.4 Å². The molecule has 0 spiro atoms. The number of carbonyl (C=O) groups is 2. The number of hydrogen-bond acceptors (Lipinski definition) is 7. The summed E-state index contributed by atoms with van der Waals surface area (Å²) in [4.78, 5) is 42.4. The molecule has 1 N–H and O–H groups in total. The molecule has 2 aromatic heterocycles. The van der Waals surface area contributed by atoms with Crippen molar-refractivity contribution in [3.8, 4) is 11.4 Å². The van der Waals surface area contributed by atoms with Gasteiger partial charge >= 0.3 is 11.9 Å². The van der Waals surface area contributed by atoms with E-state index in [1.807, 2.05) is 12.1 Å². The minimum absolute atomic E-state index is 0.103. The summed E-state index contributed by atoms with van der Waals surface area (Å²) in [6.45, 7) is 7.69. The number of aromatic nitrogens is 2. The normalized spacial score (nSPS) is 19.8. The minimum Gasteiger partial charge on any atom is -0.469 e. The number of ether oxygens (including phenoxy) is 2. The Morgan fingerprint density at radius 2 is 2.06 bits per heavy atom. The smallest absolute Gasteiger partial charge is 0.343 e. The van der Waals surface area contributed by atoms with E-state index in [4.69, 9.17) is 14.5 Å². The topological polar surface area (TPSA) is 108 Å². The van der Waals surface area contributed by atoms with Crippen LogP contribution >= 0.6 is 0 Å². The van der Waals surface area contributed by atoms with Crippen molar-refractivity contribution in [1.29, 1.82) is 0 Å². The number of benzene rings is 1. The fourth-order valence-corrected chi connectivity index (χ4v) is 9.17. The monoisotopic (exact) mass is 506 g/mol. The second-order valence-electron chi connectivity index (χ2n) is 10.1. The number of cyclic esters (lactones) is 1. The van der Waals surface area contributed by atoms with Gasteiger partial charge in [0.2, 0.25) is 0 Å². The number of aliphatic hydroxyl groups is 1. The summed E-state index contributed by atoms with van der Waals surface area (Å²) in [6, 6.07) is 10.8. The van der Waals surface area contributed by atoms with Crippen LogP contribution in [0.15, 0.2) is 35.1 Å². The van der Waals surface area contributed by atoms with Gasteiger partial charge in [-0.1, -0.05) is 45.0 Å². The second kappa shape index (κ2) is 8.67. The maximum atomic E-state index is 13.4. The van der Waals surface area contributed by atoms with E-state index in [0.29, 0.717) is 35.3 Å². The Bertz CT molecular complexity index is 1480. The highest BCUT2D eigenvalue weighted by atomic mass is 28.3. The first kappa shape index (κ1) is 24.4. The molecule has 0 radical (unpaired) electrons. The lowest BCUT2D eigenvalue weighted by atomic mass is 9.86. The van der Waals surface area contributed by atoms with E-state index in [0.717, 1.165) is 28.9 Å². The summed E-state index contributed by atoms with van der Waals surface area (Å²) in [5, 5.41) is 13.3. The molecule has 3 aromatic rings. The van der Waals surface area contributed by atoms with Crippen molar-refractivity contribution in [2.45, 2.75) is 65.0 Å². The van der Waals surface area contributed by atoms with Crippen molar-refractivity contribution >= 4 is 36.1 Å². The third-order valence-corrected chi connectivity index (χ3v) is 11.7. The van der Waals surface area contributed by atoms with Crippen LogP contribution in [0.5, 0.6) is 0 Å². The lowest BCUT2D eigenvalue weighted by Gasteiger charge is -2.31. The molecule has 9 heteroatoms. The molecule has 0 saturated heterocycles. The number of rotatable bonds is 6. The van der Waals surface area contributed by atoms with Gasteiger partial charge < -0.3 is 19.1 Å². The molecule has 5 rings (SSSR count). The molecule has 2 aliphatic rings. The summed E-state index contributed by atoms with van der Waals surface area (Å²) >= 11 is 0. The van der Waals surface area contributed by atoms with E-state index in [9.17, 15) is 19.5 Å². The van der Waals surface area contributed by atoms with Gasteiger partial charge in [0.15, 0.2) is 5.60 Å². The van der Waals surface area contributed by atoms with Crippen LogP contribution in [0.1, 0.15) is 50.3 Å². The average molecular weight is 507 g/mol. The van der Waals surface area contributed by atoms with Crippen molar-refractivity contribution in [2.75, 3.05) is 6.23 Å². The van der Waals surface area contributed by atoms with Gasteiger partial charge in [-0.3, -0.25) is 9.59 Å². The van der Waals surface area contributed by atoms with Gasteiger partial charge in [-0.05, 0) is 35.2 Å². The second-order valence-corrected chi connectivity index (χ2v) is 14.5. The number of carbonyl (C=O) groups excluding carboxylic acids is 2. The molecule has 0 aliphatic carbocycles. The summed E-state index contributed by atoms with van der Waals surface area (Å²) in [5.74, 6) is -1.01. The molecule has 0 fully saturated rings. The quantitative estimate of drug-likeness (QED) is 0.316. The maximum absolute atomic E-state index is 13.4. The summed E-state index contributed by atoms with van der Waals surface area (Å²) in [7, 11) is -2.17. The standard InChI is InChI=1S/C27H30N2O6Si/c1-5-10-36(4,15-35-16(3)30)23-9-7-8-21-18(23)11-17-13-29-22(24(17)28-21)12-20-19(25(29)31)14-34-26(32)27(20,33)6-2/h7-9,11-12,33H,5-6,10,13-15H2,1-4H3/t27-,36?/m0/s1. The first-order valence-electron chi connectivity index (χ1n) is 12.4. The van der Waals surface area contributed by atoms with Crippen molar-refractivity contribution in [3.63, 3.8) is 0 Å². The Hall–Kier alpha value is -3.30. The Morgan fingerprint density at radius 1 is 1.28 bits per heavy atom. The van der Waals surface area contributed by atoms with E-state index in [-0.39, 0.29) is 24.6 Å². The molecule has 0 bridgehead atoms. The Balaban J connectivity index is 1.68. The molecular formula is C27H30N2O6Si. The van der Waals surface area contributed by atoms with Gasteiger partial charge in [0.05, 0.1) is 35.2 Å². The lowest BCUT2D eigenvalue weighted by molar-refractivity contribution is -0.172. The molecule has 0 saturated carbocycles. The highest BCUT2D eigenvalue weighted by Crippen LogP contribution is 2.38. The van der Waals surface area contributed by atoms with Gasteiger partial charge in [0.1, 0.15) is 14.7 Å². The number of fused-ring (bicyclic) bond motifs is 5. The molecule has 36 heavy (non-hydrogen) atoms. The van der Waals surface area contributed by atoms with Crippen molar-refractivity contribution in [1.82, 2.24) is 9.55 Å². The minimum atomic E-state index is -2.17. The Labute approximate surface area is 209 Å². The highest BCUT2D eigenvalue weighted by Gasteiger charge is 2.45. The van der Waals surface area contributed by atoms with Gasteiger partial charge in [-0.25, -0.2) is 9.78 Å². The Kier molecular flexibility index (Phi) is 5.87. The third kappa shape index (κ3) is 3.60. The first-order chi connectivity index (χ1) is 17.1. The van der Waals surface area contributed by atoms with Crippen LogP contribution in [0.3, 0.4) is 0 Å². The third-order valence-electron chi connectivity index (χ3n) is 7.60. The average Bonchev–Trinajstić information content (AvgIpc) is 3.21. The van der Waals surface area contributed by atoms with Gasteiger partial charge in [-0.2, -0.15) is 0 Å². The van der Waals surface area contributed by atoms with Crippen LogP contribution in [0, 0.1) is 0 Å². The van der Waals surface area contributed by atoms with Crippen LogP contribution in [-0.2, 0) is 37.8 Å². The largest absolute Gasteiger partial charge is 0.469 e. The van der Waals surface area contributed by atoms with Gasteiger partial charge in [0, 0.05) is 18.1 Å². The molecule has 8 nitrogen and oxygen atoms in total. The number of hydrogen-bond donors (Lipinski definition) is 1. The lowest BCUT2D eigenvalue weighted by Crippen LogP contribution is -2.50. The maximum Gasteiger partial charge on any atom is 0.343 e. The SMILES string of the molecule is CCC[Si](C)(COC(C)=O)c1cccc2nc3c(cc12)Cn1c-3cc2c(c1=O)COC(=O)[C@]2(O)CC. The van der Waals surface area contributed by atoms with E-state index in [1.54, 1.807) is 17.6 Å².